The Morgan fingerprint density at radius 3 is 2.73 bits per heavy atom. The highest BCUT2D eigenvalue weighted by atomic mass is 19.1. The molecule has 0 saturated heterocycles. The third kappa shape index (κ3) is 3.43. The second kappa shape index (κ2) is 8.03. The molecule has 0 spiro atoms. The number of amides is 1. The highest BCUT2D eigenvalue weighted by Crippen LogP contribution is 2.55. The molecule has 5 aromatic rings. The number of ether oxygens (including phenoxy) is 1. The van der Waals surface area contributed by atoms with E-state index in [1.807, 2.05) is 12.1 Å². The van der Waals surface area contributed by atoms with Gasteiger partial charge >= 0.3 is 0 Å². The molecule has 3 heterocycles. The number of fused-ring (bicyclic) bond motifs is 4. The van der Waals surface area contributed by atoms with Crippen molar-refractivity contribution in [2.24, 2.45) is 0 Å². The molecular formula is C29H24FN5O2. The van der Waals surface area contributed by atoms with Gasteiger partial charge in [-0.2, -0.15) is 0 Å². The number of anilines is 1. The van der Waals surface area contributed by atoms with Crippen LogP contribution in [0, 0.1) is 5.82 Å². The molecule has 7 rings (SSSR count). The van der Waals surface area contributed by atoms with Gasteiger partial charge in [-0.3, -0.25) is 9.20 Å². The van der Waals surface area contributed by atoms with E-state index in [9.17, 15) is 4.79 Å². The first kappa shape index (κ1) is 21.8. The number of aromatic nitrogens is 3. The van der Waals surface area contributed by atoms with Crippen LogP contribution in [-0.4, -0.2) is 38.8 Å². The lowest BCUT2D eigenvalue weighted by Crippen LogP contribution is -2.32. The molecule has 37 heavy (non-hydrogen) atoms. The Labute approximate surface area is 212 Å². The minimum Gasteiger partial charge on any atom is -0.491 e. The highest BCUT2D eigenvalue weighted by molar-refractivity contribution is 5.98. The van der Waals surface area contributed by atoms with E-state index in [4.69, 9.17) is 10.5 Å². The molecule has 1 unspecified atom stereocenters. The average molecular weight is 494 g/mol. The molecule has 0 radical (unpaired) electrons. The van der Waals surface area contributed by atoms with Crippen molar-refractivity contribution in [2.75, 3.05) is 19.4 Å². The standard InChI is InChI=1S/C29H24FN5O2/c1-34(29(36)21-11-24-23(12-22(21)30)33-28(31)25-13-32-15-35(24)25)26-14-37-27-9-17(7-8-18(26)27)20-10-19(20)16-5-3-2-4-6-16/h2-9,11-13,15,19-20,26H,10,14H2,1H3,(H2,31,33)/t19-,20?,26+/m0/s1. The average Bonchev–Trinajstić information content (AvgIpc) is 3.35. The monoisotopic (exact) mass is 493 g/mol. The molecule has 2 aromatic heterocycles. The van der Waals surface area contributed by atoms with Crippen LogP contribution < -0.4 is 10.5 Å². The fourth-order valence-electron chi connectivity index (χ4n) is 5.59. The number of hydrogen-bond donors (Lipinski definition) is 1. The lowest BCUT2D eigenvalue weighted by Gasteiger charge is -2.24. The third-order valence-corrected chi connectivity index (χ3v) is 7.72. The van der Waals surface area contributed by atoms with Crippen molar-refractivity contribution in [1.82, 2.24) is 19.3 Å². The van der Waals surface area contributed by atoms with Gasteiger partial charge in [-0.25, -0.2) is 14.4 Å². The second-order valence-electron chi connectivity index (χ2n) is 9.87. The van der Waals surface area contributed by atoms with Gasteiger partial charge in [0.2, 0.25) is 0 Å². The predicted octanol–water partition coefficient (Wildman–Crippen LogP) is 5.08. The van der Waals surface area contributed by atoms with Crippen molar-refractivity contribution in [3.8, 4) is 5.75 Å². The molecule has 2 aliphatic rings. The molecule has 1 aliphatic carbocycles. The van der Waals surface area contributed by atoms with Crippen LogP contribution >= 0.6 is 0 Å². The lowest BCUT2D eigenvalue weighted by molar-refractivity contribution is 0.0704. The van der Waals surface area contributed by atoms with E-state index >= 15 is 4.39 Å². The fourth-order valence-corrected chi connectivity index (χ4v) is 5.59. The van der Waals surface area contributed by atoms with E-state index in [1.165, 1.54) is 23.3 Å². The molecule has 0 bridgehead atoms. The number of imidazole rings is 1. The van der Waals surface area contributed by atoms with Gasteiger partial charge in [0.1, 0.15) is 29.5 Å². The molecule has 1 amide bonds. The Morgan fingerprint density at radius 2 is 1.89 bits per heavy atom. The van der Waals surface area contributed by atoms with Crippen molar-refractivity contribution < 1.29 is 13.9 Å². The van der Waals surface area contributed by atoms with Gasteiger partial charge in [-0.05, 0) is 41.5 Å². The third-order valence-electron chi connectivity index (χ3n) is 7.72. The number of hydrogen-bond acceptors (Lipinski definition) is 5. The molecule has 184 valence electrons. The molecule has 7 nitrogen and oxygen atoms in total. The summed E-state index contributed by atoms with van der Waals surface area (Å²) < 4.78 is 22.8. The van der Waals surface area contributed by atoms with E-state index in [-0.39, 0.29) is 17.4 Å². The summed E-state index contributed by atoms with van der Waals surface area (Å²) in [5, 5.41) is 0. The molecule has 3 aromatic carbocycles. The number of nitrogen functional groups attached to an aromatic ring is 1. The van der Waals surface area contributed by atoms with Crippen LogP contribution in [0.15, 0.2) is 73.2 Å². The van der Waals surface area contributed by atoms with Crippen LogP contribution in [0.4, 0.5) is 10.2 Å². The van der Waals surface area contributed by atoms with Gasteiger partial charge in [-0.1, -0.05) is 42.5 Å². The maximum atomic E-state index is 15.1. The van der Waals surface area contributed by atoms with Crippen molar-refractivity contribution in [1.29, 1.82) is 0 Å². The van der Waals surface area contributed by atoms with Gasteiger partial charge in [0.25, 0.3) is 5.91 Å². The van der Waals surface area contributed by atoms with Gasteiger partial charge in [-0.15, -0.1) is 0 Å². The summed E-state index contributed by atoms with van der Waals surface area (Å²) in [6.45, 7) is 0.326. The van der Waals surface area contributed by atoms with Crippen molar-refractivity contribution in [2.45, 2.75) is 24.3 Å². The van der Waals surface area contributed by atoms with Crippen LogP contribution in [0.1, 0.15) is 51.3 Å². The fraction of sp³-hybridized carbons (Fsp3) is 0.207. The molecule has 2 N–H and O–H groups in total. The molecule has 1 fully saturated rings. The van der Waals surface area contributed by atoms with Crippen LogP contribution in [0.3, 0.4) is 0 Å². The zero-order chi connectivity index (χ0) is 25.3. The summed E-state index contributed by atoms with van der Waals surface area (Å²) in [7, 11) is 1.68. The minimum atomic E-state index is -0.647. The first-order valence-electron chi connectivity index (χ1n) is 12.3. The normalized spacial score (nSPS) is 20.1. The minimum absolute atomic E-state index is 0.0367. The number of rotatable bonds is 4. The van der Waals surface area contributed by atoms with E-state index in [1.54, 1.807) is 28.9 Å². The van der Waals surface area contributed by atoms with E-state index in [2.05, 4.69) is 46.4 Å². The van der Waals surface area contributed by atoms with Gasteiger partial charge in [0, 0.05) is 18.7 Å². The zero-order valence-electron chi connectivity index (χ0n) is 20.1. The summed E-state index contributed by atoms with van der Waals surface area (Å²) >= 11 is 0. The number of likely N-dealkylation sites (N-methyl/N-ethyl adjacent to an activating group) is 1. The summed E-state index contributed by atoms with van der Waals surface area (Å²) in [6, 6.07) is 19.3. The molecule has 3 atom stereocenters. The topological polar surface area (TPSA) is 85.8 Å². The van der Waals surface area contributed by atoms with Crippen molar-refractivity contribution >= 4 is 28.3 Å². The first-order chi connectivity index (χ1) is 18.0. The van der Waals surface area contributed by atoms with E-state index < -0.39 is 11.7 Å². The Kier molecular flexibility index (Phi) is 4.73. The molecule has 1 aliphatic heterocycles. The van der Waals surface area contributed by atoms with Crippen LogP contribution in [-0.2, 0) is 0 Å². The number of benzene rings is 3. The number of halogens is 1. The van der Waals surface area contributed by atoms with Gasteiger partial charge in [0.05, 0.1) is 35.2 Å². The Hall–Kier alpha value is -4.46. The maximum Gasteiger partial charge on any atom is 0.257 e. The number of carbonyl (C=O) groups excluding carboxylic acids is 1. The lowest BCUT2D eigenvalue weighted by atomic mass is 10.00. The zero-order valence-corrected chi connectivity index (χ0v) is 20.1. The number of nitrogens with two attached hydrogens (primary N) is 1. The Bertz CT molecular complexity index is 1700. The van der Waals surface area contributed by atoms with Crippen LogP contribution in [0.25, 0.3) is 16.6 Å². The first-order valence-corrected chi connectivity index (χ1v) is 12.3. The highest BCUT2D eigenvalue weighted by Gasteiger charge is 2.40. The summed E-state index contributed by atoms with van der Waals surface area (Å²) in [6.07, 6.45) is 4.28. The quantitative estimate of drug-likeness (QED) is 0.377. The van der Waals surface area contributed by atoms with Crippen molar-refractivity contribution in [3.05, 3.63) is 101 Å². The second-order valence-corrected chi connectivity index (χ2v) is 9.87. The largest absolute Gasteiger partial charge is 0.491 e. The van der Waals surface area contributed by atoms with Crippen LogP contribution in [0.2, 0.25) is 0 Å². The summed E-state index contributed by atoms with van der Waals surface area (Å²) in [5.74, 6) is 0.972. The molecule has 1 saturated carbocycles. The smallest absolute Gasteiger partial charge is 0.257 e. The maximum absolute atomic E-state index is 15.1. The number of nitrogens with zero attached hydrogens (tertiary/aromatic N) is 4. The summed E-state index contributed by atoms with van der Waals surface area (Å²) in [4.78, 5) is 23.4. The Balaban J connectivity index is 1.17. The van der Waals surface area contributed by atoms with Gasteiger partial charge < -0.3 is 15.4 Å². The summed E-state index contributed by atoms with van der Waals surface area (Å²) in [5.41, 5.74) is 11.0. The Morgan fingerprint density at radius 1 is 1.08 bits per heavy atom. The van der Waals surface area contributed by atoms with E-state index in [0.717, 1.165) is 17.7 Å². The SMILES string of the molecule is CN(C(=O)c1cc2c(cc1F)nc(N)c1cncn12)[C@@H]1COc2cc(C3C[C@H]3c3ccccc3)ccc21. The van der Waals surface area contributed by atoms with Crippen LogP contribution in [0.5, 0.6) is 5.75 Å². The van der Waals surface area contributed by atoms with E-state index in [0.29, 0.717) is 35.0 Å². The van der Waals surface area contributed by atoms with Gasteiger partial charge in [0.15, 0.2) is 0 Å². The number of carbonyl (C=O) groups is 1. The predicted molar refractivity (Wildman–Crippen MR) is 138 cm³/mol. The molecule has 8 heteroatoms. The molecular weight excluding hydrogens is 469 g/mol. The van der Waals surface area contributed by atoms with Crippen molar-refractivity contribution in [3.63, 3.8) is 0 Å².